The number of carbonyl (C=O) groups excluding carboxylic acids is 1. The minimum Gasteiger partial charge on any atom is -0.371 e. The molecule has 1 aromatic rings. The van der Waals surface area contributed by atoms with Gasteiger partial charge in [0.1, 0.15) is 6.29 Å². The molecule has 0 amide bonds. The average molecular weight is 246 g/mol. The number of hydrogen-bond donors (Lipinski definition) is 0. The van der Waals surface area contributed by atoms with Gasteiger partial charge in [0.25, 0.3) is 0 Å². The average Bonchev–Trinajstić information content (AvgIpc) is 2.38. The Morgan fingerprint density at radius 1 is 1.28 bits per heavy atom. The molecule has 0 N–H and O–H groups in total. The Labute approximate surface area is 109 Å². The van der Waals surface area contributed by atoms with Crippen molar-refractivity contribution in [2.24, 2.45) is 0 Å². The fourth-order valence-corrected chi connectivity index (χ4v) is 2.73. The van der Waals surface area contributed by atoms with Crippen molar-refractivity contribution in [2.75, 3.05) is 32.1 Å². The van der Waals surface area contributed by atoms with E-state index < -0.39 is 0 Å². The number of aryl methyl sites for hydroxylation is 1. The van der Waals surface area contributed by atoms with Gasteiger partial charge in [-0.15, -0.1) is 0 Å². The maximum atomic E-state index is 10.7. The van der Waals surface area contributed by atoms with Gasteiger partial charge in [-0.25, -0.2) is 0 Å². The van der Waals surface area contributed by atoms with Crippen molar-refractivity contribution in [1.82, 2.24) is 4.90 Å². The first kappa shape index (κ1) is 13.1. The highest BCUT2D eigenvalue weighted by Gasteiger charge is 2.21. The number of piperidine rings is 1. The zero-order valence-corrected chi connectivity index (χ0v) is 11.5. The zero-order chi connectivity index (χ0) is 13.1. The third-order valence-electron chi connectivity index (χ3n) is 3.89. The molecular formula is C15H22N2O. The van der Waals surface area contributed by atoms with Crippen LogP contribution in [0.4, 0.5) is 5.69 Å². The summed E-state index contributed by atoms with van der Waals surface area (Å²) in [6.07, 6.45) is 3.33. The predicted octanol–water partition coefficient (Wildman–Crippen LogP) is 2.34. The lowest BCUT2D eigenvalue weighted by Gasteiger charge is -2.37. The maximum absolute atomic E-state index is 10.7. The van der Waals surface area contributed by atoms with Gasteiger partial charge in [0, 0.05) is 30.4 Å². The lowest BCUT2D eigenvalue weighted by molar-refractivity contribution is 0.112. The van der Waals surface area contributed by atoms with Crippen LogP contribution in [0.5, 0.6) is 0 Å². The quantitative estimate of drug-likeness (QED) is 0.765. The van der Waals surface area contributed by atoms with E-state index in [-0.39, 0.29) is 0 Å². The fourth-order valence-electron chi connectivity index (χ4n) is 2.73. The monoisotopic (exact) mass is 246 g/mol. The second kappa shape index (κ2) is 5.53. The number of rotatable bonds is 3. The van der Waals surface area contributed by atoms with Gasteiger partial charge < -0.3 is 9.80 Å². The number of aldehydes is 1. The molecule has 1 heterocycles. The smallest absolute Gasteiger partial charge is 0.150 e. The summed E-state index contributed by atoms with van der Waals surface area (Å²) in [7, 11) is 4.31. The SMILES string of the molecule is Cc1cc(C=O)ccc1N1CCC(N(C)C)CC1. The van der Waals surface area contributed by atoms with Crippen LogP contribution in [0, 0.1) is 6.92 Å². The van der Waals surface area contributed by atoms with Gasteiger partial charge in [0.2, 0.25) is 0 Å². The summed E-state index contributed by atoms with van der Waals surface area (Å²) in [5, 5.41) is 0. The van der Waals surface area contributed by atoms with Crippen LogP contribution in [-0.2, 0) is 0 Å². The third kappa shape index (κ3) is 2.72. The molecule has 0 radical (unpaired) electrons. The Kier molecular flexibility index (Phi) is 4.02. The fraction of sp³-hybridized carbons (Fsp3) is 0.533. The van der Waals surface area contributed by atoms with E-state index in [2.05, 4.69) is 36.9 Å². The Balaban J connectivity index is 2.07. The van der Waals surface area contributed by atoms with Crippen molar-refractivity contribution in [1.29, 1.82) is 0 Å². The van der Waals surface area contributed by atoms with E-state index in [9.17, 15) is 4.79 Å². The van der Waals surface area contributed by atoms with Crippen LogP contribution < -0.4 is 4.90 Å². The normalized spacial score (nSPS) is 17.2. The van der Waals surface area contributed by atoms with E-state index in [1.54, 1.807) is 0 Å². The van der Waals surface area contributed by atoms with Crippen LogP contribution in [0.3, 0.4) is 0 Å². The van der Waals surface area contributed by atoms with Crippen molar-refractivity contribution in [3.8, 4) is 0 Å². The Morgan fingerprint density at radius 3 is 2.44 bits per heavy atom. The molecule has 0 bridgehead atoms. The molecule has 2 rings (SSSR count). The van der Waals surface area contributed by atoms with E-state index in [1.165, 1.54) is 24.1 Å². The van der Waals surface area contributed by atoms with E-state index in [0.29, 0.717) is 6.04 Å². The molecule has 1 aromatic carbocycles. The van der Waals surface area contributed by atoms with Gasteiger partial charge in [-0.1, -0.05) is 0 Å². The molecule has 1 aliphatic rings. The molecule has 0 atom stereocenters. The van der Waals surface area contributed by atoms with Gasteiger partial charge in [-0.05, 0) is 57.6 Å². The van der Waals surface area contributed by atoms with Crippen molar-refractivity contribution < 1.29 is 4.79 Å². The highest BCUT2D eigenvalue weighted by molar-refractivity contribution is 5.77. The molecule has 0 unspecified atom stereocenters. The maximum Gasteiger partial charge on any atom is 0.150 e. The molecule has 1 saturated heterocycles. The highest BCUT2D eigenvalue weighted by Crippen LogP contribution is 2.25. The van der Waals surface area contributed by atoms with Crippen LogP contribution >= 0.6 is 0 Å². The molecule has 1 fully saturated rings. The van der Waals surface area contributed by atoms with Gasteiger partial charge in [0.15, 0.2) is 0 Å². The van der Waals surface area contributed by atoms with E-state index in [4.69, 9.17) is 0 Å². The Hall–Kier alpha value is -1.35. The van der Waals surface area contributed by atoms with Crippen LogP contribution in [0.2, 0.25) is 0 Å². The second-order valence-corrected chi connectivity index (χ2v) is 5.35. The third-order valence-corrected chi connectivity index (χ3v) is 3.89. The topological polar surface area (TPSA) is 23.6 Å². The second-order valence-electron chi connectivity index (χ2n) is 5.35. The zero-order valence-electron chi connectivity index (χ0n) is 11.5. The summed E-state index contributed by atoms with van der Waals surface area (Å²) in [4.78, 5) is 15.5. The first-order chi connectivity index (χ1) is 8.61. The summed E-state index contributed by atoms with van der Waals surface area (Å²) < 4.78 is 0. The molecule has 3 heteroatoms. The number of hydrogen-bond acceptors (Lipinski definition) is 3. The minimum absolute atomic E-state index is 0.704. The first-order valence-corrected chi connectivity index (χ1v) is 6.59. The largest absolute Gasteiger partial charge is 0.371 e. The molecule has 98 valence electrons. The van der Waals surface area contributed by atoms with E-state index in [0.717, 1.165) is 24.9 Å². The van der Waals surface area contributed by atoms with Crippen molar-refractivity contribution in [2.45, 2.75) is 25.8 Å². The number of benzene rings is 1. The van der Waals surface area contributed by atoms with Gasteiger partial charge in [0.05, 0.1) is 0 Å². The van der Waals surface area contributed by atoms with Crippen LogP contribution in [0.1, 0.15) is 28.8 Å². The van der Waals surface area contributed by atoms with Crippen LogP contribution in [0.15, 0.2) is 18.2 Å². The van der Waals surface area contributed by atoms with Crippen LogP contribution in [0.25, 0.3) is 0 Å². The number of carbonyl (C=O) groups is 1. The van der Waals surface area contributed by atoms with Crippen LogP contribution in [-0.4, -0.2) is 44.4 Å². The Morgan fingerprint density at radius 2 is 1.94 bits per heavy atom. The number of anilines is 1. The van der Waals surface area contributed by atoms with E-state index in [1.807, 2.05) is 12.1 Å². The summed E-state index contributed by atoms with van der Waals surface area (Å²) >= 11 is 0. The summed E-state index contributed by atoms with van der Waals surface area (Å²) in [6.45, 7) is 4.29. The molecule has 0 aromatic heterocycles. The van der Waals surface area contributed by atoms with Crippen molar-refractivity contribution in [3.63, 3.8) is 0 Å². The van der Waals surface area contributed by atoms with Gasteiger partial charge >= 0.3 is 0 Å². The standard InChI is InChI=1S/C15H22N2O/c1-12-10-13(11-18)4-5-15(12)17-8-6-14(7-9-17)16(2)3/h4-5,10-11,14H,6-9H2,1-3H3. The molecule has 0 aliphatic carbocycles. The molecular weight excluding hydrogens is 224 g/mol. The predicted molar refractivity (Wildman–Crippen MR) is 75.5 cm³/mol. The van der Waals surface area contributed by atoms with Gasteiger partial charge in [-0.2, -0.15) is 0 Å². The molecule has 18 heavy (non-hydrogen) atoms. The summed E-state index contributed by atoms with van der Waals surface area (Å²) in [6, 6.07) is 6.67. The minimum atomic E-state index is 0.704. The summed E-state index contributed by atoms with van der Waals surface area (Å²) in [5.41, 5.74) is 3.24. The molecule has 0 saturated carbocycles. The highest BCUT2D eigenvalue weighted by atomic mass is 16.1. The van der Waals surface area contributed by atoms with Gasteiger partial charge in [-0.3, -0.25) is 4.79 Å². The molecule has 3 nitrogen and oxygen atoms in total. The summed E-state index contributed by atoms with van der Waals surface area (Å²) in [5.74, 6) is 0. The molecule has 1 aliphatic heterocycles. The lowest BCUT2D eigenvalue weighted by atomic mass is 10.0. The molecule has 0 spiro atoms. The lowest BCUT2D eigenvalue weighted by Crippen LogP contribution is -2.42. The van der Waals surface area contributed by atoms with Crippen molar-refractivity contribution in [3.05, 3.63) is 29.3 Å². The van der Waals surface area contributed by atoms with E-state index >= 15 is 0 Å². The Bertz CT molecular complexity index is 421. The number of nitrogens with zero attached hydrogens (tertiary/aromatic N) is 2. The van der Waals surface area contributed by atoms with Crippen molar-refractivity contribution >= 4 is 12.0 Å². The first-order valence-electron chi connectivity index (χ1n) is 6.59.